The van der Waals surface area contributed by atoms with Gasteiger partial charge in [0.2, 0.25) is 5.91 Å². The molecule has 0 aromatic heterocycles. The van der Waals surface area contributed by atoms with Crippen LogP contribution in [0.3, 0.4) is 0 Å². The normalized spacial score (nSPS) is 18.0. The number of carboxylic acids is 1. The maximum atomic E-state index is 12.7. The van der Waals surface area contributed by atoms with Crippen molar-refractivity contribution in [1.82, 2.24) is 16.0 Å². The second kappa shape index (κ2) is 11.6. The Hall–Kier alpha value is -4.34. The van der Waals surface area contributed by atoms with E-state index >= 15 is 0 Å². The minimum atomic E-state index is -1.15. The van der Waals surface area contributed by atoms with E-state index in [9.17, 15) is 35.0 Å². The Balaban J connectivity index is 1.41. The van der Waals surface area contributed by atoms with Crippen molar-refractivity contribution in [3.05, 3.63) is 58.1 Å². The number of nitrogens with one attached hydrogen (secondary N) is 4. The van der Waals surface area contributed by atoms with Crippen LogP contribution in [0.25, 0.3) is 0 Å². The summed E-state index contributed by atoms with van der Waals surface area (Å²) in [4.78, 5) is 41.0. The van der Waals surface area contributed by atoms with Crippen LogP contribution in [0.2, 0.25) is 5.02 Å². The molecule has 4 rings (SSSR count). The quantitative estimate of drug-likeness (QED) is 0.239. The highest BCUT2D eigenvalue weighted by molar-refractivity contribution is 6.30. The molecular formula is C26H27ClN6O6. The molecule has 0 bridgehead atoms. The number of hydrogen-bond acceptors (Lipinski definition) is 9. The van der Waals surface area contributed by atoms with Crippen LogP contribution in [0.1, 0.15) is 46.8 Å². The van der Waals surface area contributed by atoms with Crippen molar-refractivity contribution in [2.75, 3.05) is 25.0 Å². The zero-order chi connectivity index (χ0) is 28.2. The van der Waals surface area contributed by atoms with E-state index in [0.717, 1.165) is 0 Å². The molecule has 2 amide bonds. The first-order chi connectivity index (χ1) is 18.6. The van der Waals surface area contributed by atoms with Gasteiger partial charge in [-0.05, 0) is 48.2 Å². The summed E-state index contributed by atoms with van der Waals surface area (Å²) in [6.07, 6.45) is 0.308. The van der Waals surface area contributed by atoms with E-state index in [1.165, 1.54) is 18.2 Å². The molecule has 1 heterocycles. The minimum Gasteiger partial charge on any atom is -0.508 e. The van der Waals surface area contributed by atoms with Crippen LogP contribution in [0, 0.1) is 11.3 Å². The number of benzene rings is 2. The van der Waals surface area contributed by atoms with E-state index in [-0.39, 0.29) is 17.9 Å². The number of anilines is 1. The van der Waals surface area contributed by atoms with Crippen molar-refractivity contribution in [2.24, 2.45) is 4.99 Å². The molecule has 1 aliphatic carbocycles. The number of aliphatic hydroxyl groups is 1. The molecule has 2 unspecified atom stereocenters. The van der Waals surface area contributed by atoms with Crippen molar-refractivity contribution >= 4 is 41.0 Å². The van der Waals surface area contributed by atoms with Gasteiger partial charge in [0, 0.05) is 28.9 Å². The summed E-state index contributed by atoms with van der Waals surface area (Å²) in [5.41, 5.74) is 0.882. The lowest BCUT2D eigenvalue weighted by Crippen LogP contribution is -2.42. The monoisotopic (exact) mass is 554 g/mol. The molecule has 2 aliphatic rings. The highest BCUT2D eigenvalue weighted by atomic mass is 35.5. The fourth-order valence-electron chi connectivity index (χ4n) is 4.18. The van der Waals surface area contributed by atoms with Crippen molar-refractivity contribution in [3.63, 3.8) is 0 Å². The van der Waals surface area contributed by atoms with Gasteiger partial charge in [0.15, 0.2) is 5.96 Å². The number of carboxylic acid groups (broad SMARTS) is 1. The largest absolute Gasteiger partial charge is 0.508 e. The van der Waals surface area contributed by atoms with Crippen LogP contribution in [0.5, 0.6) is 5.75 Å². The summed E-state index contributed by atoms with van der Waals surface area (Å²) in [5.74, 6) is -2.28. The molecule has 12 nitrogen and oxygen atoms in total. The van der Waals surface area contributed by atoms with Gasteiger partial charge in [0.05, 0.1) is 43.1 Å². The summed E-state index contributed by atoms with van der Waals surface area (Å²) in [6.45, 7) is 0.0376. The molecular weight excluding hydrogens is 528 g/mol. The van der Waals surface area contributed by atoms with Crippen molar-refractivity contribution in [2.45, 2.75) is 36.8 Å². The number of nitriles is 1. The Bertz CT molecular complexity index is 1370. The third kappa shape index (κ3) is 7.16. The number of amides is 2. The molecule has 2 aromatic carbocycles. The number of hydrogen-bond donors (Lipinski definition) is 7. The first-order valence-corrected chi connectivity index (χ1v) is 12.5. The zero-order valence-electron chi connectivity index (χ0n) is 20.7. The molecule has 1 fully saturated rings. The molecule has 0 saturated heterocycles. The van der Waals surface area contributed by atoms with Crippen LogP contribution < -0.4 is 21.3 Å². The van der Waals surface area contributed by atoms with Gasteiger partial charge in [-0.2, -0.15) is 5.26 Å². The Labute approximate surface area is 228 Å². The number of guanidine groups is 1. The lowest BCUT2D eigenvalue weighted by Gasteiger charge is -2.20. The van der Waals surface area contributed by atoms with Crippen LogP contribution in [-0.2, 0) is 15.0 Å². The first kappa shape index (κ1) is 27.7. The number of aromatic hydroxyl groups is 1. The number of aliphatic imine (C=N–C) groups is 1. The van der Waals surface area contributed by atoms with Gasteiger partial charge in [-0.15, -0.1) is 0 Å². The van der Waals surface area contributed by atoms with E-state index in [4.69, 9.17) is 11.6 Å². The van der Waals surface area contributed by atoms with Crippen molar-refractivity contribution in [1.29, 1.82) is 5.26 Å². The Morgan fingerprint density at radius 3 is 2.62 bits per heavy atom. The second-order valence-corrected chi connectivity index (χ2v) is 9.92. The van der Waals surface area contributed by atoms with Crippen molar-refractivity contribution in [3.8, 4) is 11.8 Å². The van der Waals surface area contributed by atoms with Gasteiger partial charge in [-0.1, -0.05) is 17.7 Å². The zero-order valence-corrected chi connectivity index (χ0v) is 21.5. The van der Waals surface area contributed by atoms with E-state index in [1.807, 2.05) is 0 Å². The molecule has 1 aliphatic heterocycles. The predicted octanol–water partition coefficient (Wildman–Crippen LogP) is 1.39. The van der Waals surface area contributed by atoms with Crippen molar-refractivity contribution < 1.29 is 29.7 Å². The number of aliphatic carboxylic acids is 1. The number of rotatable bonds is 9. The highest BCUT2D eigenvalue weighted by Crippen LogP contribution is 2.48. The summed E-state index contributed by atoms with van der Waals surface area (Å²) in [7, 11) is 0. The van der Waals surface area contributed by atoms with Crippen LogP contribution >= 0.6 is 11.6 Å². The fourth-order valence-corrected chi connectivity index (χ4v) is 4.42. The lowest BCUT2D eigenvalue weighted by atomic mass is 9.93. The Morgan fingerprint density at radius 2 is 1.97 bits per heavy atom. The number of phenolic OH excluding ortho intramolecular Hbond substituents is 1. The van der Waals surface area contributed by atoms with Gasteiger partial charge in [0.1, 0.15) is 5.75 Å². The van der Waals surface area contributed by atoms with Gasteiger partial charge in [-0.25, -0.2) is 0 Å². The van der Waals surface area contributed by atoms with Gasteiger partial charge in [-0.3, -0.25) is 19.4 Å². The average molecular weight is 555 g/mol. The lowest BCUT2D eigenvalue weighted by molar-refractivity contribution is -0.137. The van der Waals surface area contributed by atoms with Gasteiger partial charge in [0.25, 0.3) is 5.91 Å². The topological polar surface area (TPSA) is 196 Å². The van der Waals surface area contributed by atoms with Crippen LogP contribution in [0.4, 0.5) is 5.69 Å². The number of aliphatic hydroxyl groups excluding tert-OH is 1. The molecule has 7 N–H and O–H groups in total. The average Bonchev–Trinajstić information content (AvgIpc) is 3.69. The van der Waals surface area contributed by atoms with E-state index in [0.29, 0.717) is 47.2 Å². The molecule has 1 saturated carbocycles. The van der Waals surface area contributed by atoms with E-state index in [2.05, 4.69) is 32.3 Å². The fraction of sp³-hybridized carbons (Fsp3) is 0.346. The SMILES string of the molecule is N#CC1(c2cc(Cl)cc(C(CC(=O)O)NC(=O)CNC(=O)c3cc(O)cc(NC4=NCC(O)CN4)c3)c2)CC1. The van der Waals surface area contributed by atoms with E-state index < -0.39 is 48.3 Å². The first-order valence-electron chi connectivity index (χ1n) is 12.2. The summed E-state index contributed by atoms with van der Waals surface area (Å²) in [6, 6.07) is 10.3. The molecule has 13 heteroatoms. The third-order valence-electron chi connectivity index (χ3n) is 6.37. The smallest absolute Gasteiger partial charge is 0.305 e. The highest BCUT2D eigenvalue weighted by Gasteiger charge is 2.45. The minimum absolute atomic E-state index is 0.0644. The van der Waals surface area contributed by atoms with Gasteiger partial charge < -0.3 is 36.6 Å². The maximum absolute atomic E-state index is 12.7. The van der Waals surface area contributed by atoms with E-state index in [1.54, 1.807) is 18.2 Å². The predicted molar refractivity (Wildman–Crippen MR) is 141 cm³/mol. The summed E-state index contributed by atoms with van der Waals surface area (Å²) < 4.78 is 0. The maximum Gasteiger partial charge on any atom is 0.305 e. The number of phenols is 1. The molecule has 0 spiro atoms. The van der Waals surface area contributed by atoms with Crippen LogP contribution in [-0.4, -0.2) is 64.8 Å². The molecule has 0 radical (unpaired) electrons. The number of β-amino-alcohol motifs (C(OH)–C–C–N with tert-alkyl or cyclic N) is 1. The summed E-state index contributed by atoms with van der Waals surface area (Å²) >= 11 is 6.25. The number of nitrogens with zero attached hydrogens (tertiary/aromatic N) is 2. The second-order valence-electron chi connectivity index (χ2n) is 9.49. The molecule has 39 heavy (non-hydrogen) atoms. The Morgan fingerprint density at radius 1 is 1.21 bits per heavy atom. The number of carbonyl (C=O) groups excluding carboxylic acids is 2. The summed E-state index contributed by atoms with van der Waals surface area (Å²) in [5, 5.41) is 49.7. The number of halogens is 1. The Kier molecular flexibility index (Phi) is 8.23. The number of carbonyl (C=O) groups is 3. The van der Waals surface area contributed by atoms with Crippen LogP contribution in [0.15, 0.2) is 41.4 Å². The van der Waals surface area contributed by atoms with Gasteiger partial charge >= 0.3 is 5.97 Å². The molecule has 204 valence electrons. The standard InChI is InChI=1S/C26H27ClN6O6/c27-17-4-14(3-16(7-17)26(13-28)1-2-26)21(9-23(37)38)33-22(36)12-29-24(39)15-5-18(8-19(34)6-15)32-25-30-10-20(35)11-31-25/h3-8,20-21,34-35H,1-2,9-12H2,(H,29,39)(H,33,36)(H,37,38)(H2,30,31,32). The molecule has 2 aromatic rings. The third-order valence-corrected chi connectivity index (χ3v) is 6.59. The molecule has 2 atom stereocenters.